The van der Waals surface area contributed by atoms with Crippen molar-refractivity contribution in [2.24, 2.45) is 11.8 Å². The van der Waals surface area contributed by atoms with Crippen molar-refractivity contribution in [2.45, 2.75) is 39.5 Å². The third-order valence-corrected chi connectivity index (χ3v) is 5.05. The number of rotatable bonds is 4. The van der Waals surface area contributed by atoms with E-state index in [1.165, 1.54) is 0 Å². The lowest BCUT2D eigenvalue weighted by Gasteiger charge is -2.27. The molecule has 2 amide bonds. The summed E-state index contributed by atoms with van der Waals surface area (Å²) in [6.07, 6.45) is 3.19. The fourth-order valence-electron chi connectivity index (χ4n) is 3.43. The predicted octanol–water partition coefficient (Wildman–Crippen LogP) is 4.69. The van der Waals surface area contributed by atoms with Gasteiger partial charge in [0.2, 0.25) is 11.8 Å². The van der Waals surface area contributed by atoms with E-state index in [4.69, 9.17) is 0 Å². The molecule has 0 bridgehead atoms. The number of amides is 2. The monoisotopic (exact) mass is 350 g/mol. The molecule has 4 heteroatoms. The van der Waals surface area contributed by atoms with Crippen molar-refractivity contribution in [3.05, 3.63) is 59.7 Å². The van der Waals surface area contributed by atoms with E-state index < -0.39 is 0 Å². The second kappa shape index (κ2) is 8.17. The Morgan fingerprint density at radius 2 is 1.12 bits per heavy atom. The molecule has 0 spiro atoms. The SMILES string of the molecule is Cc1ccc(NC(=O)[C@@H]2CCC[C@H](C(=O)Nc3ccc(C)cc3)C2)cc1. The number of hydrogen-bond donors (Lipinski definition) is 2. The third-order valence-electron chi connectivity index (χ3n) is 5.05. The van der Waals surface area contributed by atoms with Crippen LogP contribution in [0, 0.1) is 25.7 Å². The van der Waals surface area contributed by atoms with Crippen LogP contribution in [0.1, 0.15) is 36.8 Å². The van der Waals surface area contributed by atoms with Crippen LogP contribution < -0.4 is 10.6 Å². The van der Waals surface area contributed by atoms with Crippen LogP contribution in [0.15, 0.2) is 48.5 Å². The molecule has 4 nitrogen and oxygen atoms in total. The molecule has 0 aromatic heterocycles. The zero-order valence-electron chi connectivity index (χ0n) is 15.4. The molecule has 2 N–H and O–H groups in total. The van der Waals surface area contributed by atoms with Crippen molar-refractivity contribution in [1.82, 2.24) is 0 Å². The molecule has 0 unspecified atom stereocenters. The van der Waals surface area contributed by atoms with Gasteiger partial charge < -0.3 is 10.6 Å². The Bertz CT molecular complexity index is 700. The number of hydrogen-bond acceptors (Lipinski definition) is 2. The average molecular weight is 350 g/mol. The lowest BCUT2D eigenvalue weighted by molar-refractivity contribution is -0.124. The Labute approximate surface area is 155 Å². The van der Waals surface area contributed by atoms with Gasteiger partial charge in [-0.15, -0.1) is 0 Å². The summed E-state index contributed by atoms with van der Waals surface area (Å²) in [7, 11) is 0. The number of carbonyl (C=O) groups is 2. The molecule has 136 valence electrons. The highest BCUT2D eigenvalue weighted by Crippen LogP contribution is 2.31. The lowest BCUT2D eigenvalue weighted by Crippen LogP contribution is -2.33. The highest BCUT2D eigenvalue weighted by Gasteiger charge is 2.31. The van der Waals surface area contributed by atoms with Crippen LogP contribution in [0.2, 0.25) is 0 Å². The molecule has 2 aromatic carbocycles. The summed E-state index contributed by atoms with van der Waals surface area (Å²) in [5.74, 6) is -0.194. The van der Waals surface area contributed by atoms with Crippen molar-refractivity contribution in [3.8, 4) is 0 Å². The van der Waals surface area contributed by atoms with Gasteiger partial charge >= 0.3 is 0 Å². The molecule has 2 atom stereocenters. The van der Waals surface area contributed by atoms with E-state index in [9.17, 15) is 9.59 Å². The van der Waals surface area contributed by atoms with Gasteiger partial charge in [-0.1, -0.05) is 41.8 Å². The van der Waals surface area contributed by atoms with Crippen LogP contribution in [0.5, 0.6) is 0 Å². The number of benzene rings is 2. The zero-order chi connectivity index (χ0) is 18.5. The van der Waals surface area contributed by atoms with Crippen molar-refractivity contribution >= 4 is 23.2 Å². The predicted molar refractivity (Wildman–Crippen MR) is 105 cm³/mol. The first-order chi connectivity index (χ1) is 12.5. The van der Waals surface area contributed by atoms with E-state index in [1.54, 1.807) is 0 Å². The molecule has 1 aliphatic rings. The first kappa shape index (κ1) is 18.2. The van der Waals surface area contributed by atoms with Gasteiger partial charge in [0.1, 0.15) is 0 Å². The van der Waals surface area contributed by atoms with Crippen LogP contribution >= 0.6 is 0 Å². The number of nitrogens with one attached hydrogen (secondary N) is 2. The van der Waals surface area contributed by atoms with Gasteiger partial charge in [0.05, 0.1) is 0 Å². The molecule has 26 heavy (non-hydrogen) atoms. The smallest absolute Gasteiger partial charge is 0.227 e. The minimum atomic E-state index is -0.112. The summed E-state index contributed by atoms with van der Waals surface area (Å²) in [4.78, 5) is 25.1. The Balaban J connectivity index is 1.57. The number of aryl methyl sites for hydroxylation is 2. The van der Waals surface area contributed by atoms with Gasteiger partial charge in [-0.3, -0.25) is 9.59 Å². The summed E-state index contributed by atoms with van der Waals surface area (Å²) in [6, 6.07) is 15.6. The highest BCUT2D eigenvalue weighted by molar-refractivity contribution is 5.95. The van der Waals surface area contributed by atoms with Crippen LogP contribution in [-0.2, 0) is 9.59 Å². The molecule has 2 aromatic rings. The molecule has 0 aliphatic heterocycles. The van der Waals surface area contributed by atoms with Crippen molar-refractivity contribution in [2.75, 3.05) is 10.6 Å². The maximum atomic E-state index is 12.6. The van der Waals surface area contributed by atoms with E-state index in [2.05, 4.69) is 10.6 Å². The summed E-state index contributed by atoms with van der Waals surface area (Å²) in [6.45, 7) is 4.04. The van der Waals surface area contributed by atoms with E-state index in [0.29, 0.717) is 6.42 Å². The first-order valence-electron chi connectivity index (χ1n) is 9.26. The number of carbonyl (C=O) groups excluding carboxylic acids is 2. The van der Waals surface area contributed by atoms with E-state index >= 15 is 0 Å². The fourth-order valence-corrected chi connectivity index (χ4v) is 3.43. The van der Waals surface area contributed by atoms with E-state index in [1.807, 2.05) is 62.4 Å². The van der Waals surface area contributed by atoms with Gasteiger partial charge in [-0.25, -0.2) is 0 Å². The Hall–Kier alpha value is -2.62. The molecule has 0 heterocycles. The van der Waals surface area contributed by atoms with Crippen LogP contribution in [-0.4, -0.2) is 11.8 Å². The molecular weight excluding hydrogens is 324 g/mol. The third kappa shape index (κ3) is 4.72. The van der Waals surface area contributed by atoms with Gasteiger partial charge in [0.15, 0.2) is 0 Å². The summed E-state index contributed by atoms with van der Waals surface area (Å²) >= 11 is 0. The lowest BCUT2D eigenvalue weighted by atomic mass is 9.80. The van der Waals surface area contributed by atoms with Gasteiger partial charge in [0, 0.05) is 23.2 Å². The maximum absolute atomic E-state index is 12.6. The Morgan fingerprint density at radius 3 is 1.50 bits per heavy atom. The minimum Gasteiger partial charge on any atom is -0.326 e. The average Bonchev–Trinajstić information content (AvgIpc) is 2.65. The van der Waals surface area contributed by atoms with Gasteiger partial charge in [-0.2, -0.15) is 0 Å². The Kier molecular flexibility index (Phi) is 5.71. The largest absolute Gasteiger partial charge is 0.326 e. The van der Waals surface area contributed by atoms with Crippen molar-refractivity contribution in [3.63, 3.8) is 0 Å². The van der Waals surface area contributed by atoms with Gasteiger partial charge in [0.25, 0.3) is 0 Å². The normalized spacial score (nSPS) is 19.6. The molecule has 1 fully saturated rings. The summed E-state index contributed by atoms with van der Waals surface area (Å²) in [5, 5.41) is 5.97. The fraction of sp³-hybridized carbons (Fsp3) is 0.364. The van der Waals surface area contributed by atoms with Crippen LogP contribution in [0.25, 0.3) is 0 Å². The van der Waals surface area contributed by atoms with E-state index in [-0.39, 0.29) is 23.7 Å². The highest BCUT2D eigenvalue weighted by atomic mass is 16.2. The Morgan fingerprint density at radius 1 is 0.731 bits per heavy atom. The standard InChI is InChI=1S/C22H26N2O2/c1-15-6-10-19(11-7-15)23-21(25)17-4-3-5-18(14-17)22(26)24-20-12-8-16(2)9-13-20/h6-13,17-18H,3-5,14H2,1-2H3,(H,23,25)(H,24,26)/t17-,18+. The van der Waals surface area contributed by atoms with Crippen LogP contribution in [0.4, 0.5) is 11.4 Å². The summed E-state index contributed by atoms with van der Waals surface area (Å²) in [5.41, 5.74) is 3.95. The maximum Gasteiger partial charge on any atom is 0.227 e. The van der Waals surface area contributed by atoms with Gasteiger partial charge in [-0.05, 0) is 57.4 Å². The van der Waals surface area contributed by atoms with Crippen molar-refractivity contribution < 1.29 is 9.59 Å². The molecule has 3 rings (SSSR count). The molecule has 0 radical (unpaired) electrons. The number of anilines is 2. The van der Waals surface area contributed by atoms with Crippen LogP contribution in [0.3, 0.4) is 0 Å². The molecule has 1 aliphatic carbocycles. The second-order valence-electron chi connectivity index (χ2n) is 7.27. The molecule has 1 saturated carbocycles. The molecule has 0 saturated heterocycles. The van der Waals surface area contributed by atoms with Crippen molar-refractivity contribution in [1.29, 1.82) is 0 Å². The minimum absolute atomic E-state index is 0.0155. The quantitative estimate of drug-likeness (QED) is 0.840. The second-order valence-corrected chi connectivity index (χ2v) is 7.27. The zero-order valence-corrected chi connectivity index (χ0v) is 15.4. The summed E-state index contributed by atoms with van der Waals surface area (Å²) < 4.78 is 0. The van der Waals surface area contributed by atoms with E-state index in [0.717, 1.165) is 41.8 Å². The first-order valence-corrected chi connectivity index (χ1v) is 9.26. The molecular formula is C22H26N2O2. The topological polar surface area (TPSA) is 58.2 Å².